The van der Waals surface area contributed by atoms with Gasteiger partial charge in [0.25, 0.3) is 5.91 Å². The first kappa shape index (κ1) is 29.6. The molecule has 1 atom stereocenters. The highest BCUT2D eigenvalue weighted by atomic mass is 16.5. The number of benzene rings is 4. The van der Waals surface area contributed by atoms with Crippen LogP contribution in [0.2, 0.25) is 0 Å². The van der Waals surface area contributed by atoms with Gasteiger partial charge in [0, 0.05) is 17.8 Å². The lowest BCUT2D eigenvalue weighted by Crippen LogP contribution is -2.27. The summed E-state index contributed by atoms with van der Waals surface area (Å²) in [6.07, 6.45) is 5.97. The zero-order valence-corrected chi connectivity index (χ0v) is 24.0. The summed E-state index contributed by atoms with van der Waals surface area (Å²) in [5, 5.41) is 14.7. The molecule has 0 aromatic heterocycles. The first-order chi connectivity index (χ1) is 21.0. The second-order valence-corrected chi connectivity index (χ2v) is 10.9. The molecule has 43 heavy (non-hydrogen) atoms. The molecule has 1 fully saturated rings. The van der Waals surface area contributed by atoms with Crippen molar-refractivity contribution < 1.29 is 24.2 Å². The predicted molar refractivity (Wildman–Crippen MR) is 167 cm³/mol. The van der Waals surface area contributed by atoms with Gasteiger partial charge in [0.05, 0.1) is 6.42 Å². The van der Waals surface area contributed by atoms with Gasteiger partial charge in [-0.2, -0.15) is 0 Å². The normalized spacial score (nSPS) is 14.0. The van der Waals surface area contributed by atoms with Crippen LogP contribution in [0, 0.1) is 0 Å². The standard InChI is InChI=1S/C36H36N2O5/c39-33(40)22-23-37-35(41)30-12-7-13-31(24-30)38-34(29-16-14-27(15-17-29)25-8-3-1-4-9-25)36(42)43-32-20-18-28(19-21-32)26-10-5-2-6-11-26/h2,5-7,10-21,24-25,34,38H,1,3-4,8-9,22-23H2,(H,37,41)(H,39,40). The summed E-state index contributed by atoms with van der Waals surface area (Å²) in [4.78, 5) is 37.1. The number of rotatable bonds is 11. The van der Waals surface area contributed by atoms with E-state index < -0.39 is 18.0 Å². The predicted octanol–water partition coefficient (Wildman–Crippen LogP) is 7.36. The molecule has 7 nitrogen and oxygen atoms in total. The fourth-order valence-corrected chi connectivity index (χ4v) is 5.50. The Hall–Kier alpha value is -4.91. The Morgan fingerprint density at radius 3 is 2.19 bits per heavy atom. The van der Waals surface area contributed by atoms with Crippen LogP contribution in [0.25, 0.3) is 11.1 Å². The third-order valence-corrected chi connectivity index (χ3v) is 7.82. The second kappa shape index (κ2) is 14.3. The summed E-state index contributed by atoms with van der Waals surface area (Å²) in [6.45, 7) is 0.0250. The minimum atomic E-state index is -0.985. The number of aliphatic carboxylic acids is 1. The highest BCUT2D eigenvalue weighted by Crippen LogP contribution is 2.34. The summed E-state index contributed by atoms with van der Waals surface area (Å²) < 4.78 is 5.86. The highest BCUT2D eigenvalue weighted by molar-refractivity contribution is 5.95. The molecule has 0 radical (unpaired) electrons. The average molecular weight is 577 g/mol. The Morgan fingerprint density at radius 1 is 0.791 bits per heavy atom. The largest absolute Gasteiger partial charge is 0.481 e. The smallest absolute Gasteiger partial charge is 0.338 e. The van der Waals surface area contributed by atoms with Crippen molar-refractivity contribution in [2.24, 2.45) is 0 Å². The van der Waals surface area contributed by atoms with Crippen molar-refractivity contribution in [2.75, 3.05) is 11.9 Å². The molecule has 0 bridgehead atoms. The summed E-state index contributed by atoms with van der Waals surface area (Å²) in [5.74, 6) is -0.877. The third-order valence-electron chi connectivity index (χ3n) is 7.82. The Balaban J connectivity index is 1.35. The Bertz CT molecular complexity index is 1530. The van der Waals surface area contributed by atoms with Crippen molar-refractivity contribution in [3.05, 3.63) is 120 Å². The first-order valence-corrected chi connectivity index (χ1v) is 14.8. The summed E-state index contributed by atoms with van der Waals surface area (Å²) in [5.41, 5.74) is 5.04. The molecule has 0 aliphatic heterocycles. The van der Waals surface area contributed by atoms with Crippen LogP contribution in [0.4, 0.5) is 5.69 Å². The Morgan fingerprint density at radius 2 is 1.49 bits per heavy atom. The minimum absolute atomic E-state index is 0.0250. The van der Waals surface area contributed by atoms with Gasteiger partial charge in [0.2, 0.25) is 0 Å². The van der Waals surface area contributed by atoms with E-state index in [2.05, 4.69) is 22.8 Å². The molecular formula is C36H36N2O5. The van der Waals surface area contributed by atoms with Crippen LogP contribution in [0.15, 0.2) is 103 Å². The number of hydrogen-bond donors (Lipinski definition) is 3. The number of carbonyl (C=O) groups is 3. The van der Waals surface area contributed by atoms with Crippen molar-refractivity contribution in [3.63, 3.8) is 0 Å². The molecule has 1 unspecified atom stereocenters. The fourth-order valence-electron chi connectivity index (χ4n) is 5.50. The molecule has 1 saturated carbocycles. The van der Waals surface area contributed by atoms with Crippen LogP contribution < -0.4 is 15.4 Å². The minimum Gasteiger partial charge on any atom is -0.481 e. The van der Waals surface area contributed by atoms with Crippen LogP contribution in [0.1, 0.15) is 72.0 Å². The molecule has 0 spiro atoms. The summed E-state index contributed by atoms with van der Waals surface area (Å²) >= 11 is 0. The van der Waals surface area contributed by atoms with E-state index in [1.54, 1.807) is 36.4 Å². The number of carbonyl (C=O) groups excluding carboxylic acids is 2. The molecule has 1 aliphatic rings. The Labute approximate surface area is 251 Å². The first-order valence-electron chi connectivity index (χ1n) is 14.8. The molecule has 0 heterocycles. The van der Waals surface area contributed by atoms with Gasteiger partial charge in [0.15, 0.2) is 6.04 Å². The van der Waals surface area contributed by atoms with Crippen molar-refractivity contribution in [1.82, 2.24) is 5.32 Å². The van der Waals surface area contributed by atoms with Gasteiger partial charge in [-0.15, -0.1) is 0 Å². The van der Waals surface area contributed by atoms with Crippen molar-refractivity contribution >= 4 is 23.5 Å². The van der Waals surface area contributed by atoms with Crippen molar-refractivity contribution in [3.8, 4) is 16.9 Å². The van der Waals surface area contributed by atoms with Gasteiger partial charge in [0.1, 0.15) is 5.75 Å². The summed E-state index contributed by atoms with van der Waals surface area (Å²) in [7, 11) is 0. The van der Waals surface area contributed by atoms with Gasteiger partial charge < -0.3 is 20.5 Å². The maximum atomic E-state index is 13.7. The van der Waals surface area contributed by atoms with Crippen LogP contribution in [-0.4, -0.2) is 29.5 Å². The van der Waals surface area contributed by atoms with E-state index in [9.17, 15) is 14.4 Å². The zero-order valence-electron chi connectivity index (χ0n) is 24.0. The molecular weight excluding hydrogens is 540 g/mol. The van der Waals surface area contributed by atoms with Gasteiger partial charge in [-0.3, -0.25) is 9.59 Å². The topological polar surface area (TPSA) is 105 Å². The molecule has 3 N–H and O–H groups in total. The van der Waals surface area contributed by atoms with Crippen LogP contribution in [-0.2, 0) is 9.59 Å². The number of nitrogens with one attached hydrogen (secondary N) is 2. The van der Waals surface area contributed by atoms with Crippen LogP contribution in [0.5, 0.6) is 5.75 Å². The number of esters is 1. The van der Waals surface area contributed by atoms with Crippen molar-refractivity contribution in [1.29, 1.82) is 0 Å². The van der Waals surface area contributed by atoms with E-state index in [0.29, 0.717) is 22.9 Å². The van der Waals surface area contributed by atoms with Crippen LogP contribution >= 0.6 is 0 Å². The SMILES string of the molecule is O=C(O)CCNC(=O)c1cccc(NC(C(=O)Oc2ccc(-c3ccccc3)cc2)c2ccc(C3CCCCC3)cc2)c1. The lowest BCUT2D eigenvalue weighted by molar-refractivity contribution is -0.137. The lowest BCUT2D eigenvalue weighted by atomic mass is 9.83. The van der Waals surface area contributed by atoms with Gasteiger partial charge in [-0.25, -0.2) is 4.79 Å². The van der Waals surface area contributed by atoms with E-state index in [-0.39, 0.29) is 18.9 Å². The molecule has 1 amide bonds. The fraction of sp³-hybridized carbons (Fsp3) is 0.250. The maximum Gasteiger partial charge on any atom is 0.338 e. The molecule has 1 aliphatic carbocycles. The molecule has 4 aromatic carbocycles. The quantitative estimate of drug-likeness (QED) is 0.127. The van der Waals surface area contributed by atoms with E-state index in [0.717, 1.165) is 16.7 Å². The Kier molecular flexibility index (Phi) is 9.85. The second-order valence-electron chi connectivity index (χ2n) is 10.9. The van der Waals surface area contributed by atoms with E-state index in [4.69, 9.17) is 9.84 Å². The maximum absolute atomic E-state index is 13.7. The number of hydrogen-bond acceptors (Lipinski definition) is 5. The van der Waals surface area contributed by atoms with Crippen LogP contribution in [0.3, 0.4) is 0 Å². The summed E-state index contributed by atoms with van der Waals surface area (Å²) in [6, 6.07) is 31.5. The lowest BCUT2D eigenvalue weighted by Gasteiger charge is -2.23. The highest BCUT2D eigenvalue weighted by Gasteiger charge is 2.24. The molecule has 5 rings (SSSR count). The van der Waals surface area contributed by atoms with E-state index >= 15 is 0 Å². The average Bonchev–Trinajstić information content (AvgIpc) is 3.05. The van der Waals surface area contributed by atoms with Gasteiger partial charge >= 0.3 is 11.9 Å². The van der Waals surface area contributed by atoms with Gasteiger partial charge in [-0.1, -0.05) is 92.1 Å². The van der Waals surface area contributed by atoms with Gasteiger partial charge in [-0.05, 0) is 71.3 Å². The number of carboxylic acids is 1. The number of carboxylic acid groups (broad SMARTS) is 1. The number of anilines is 1. The number of ether oxygens (including phenoxy) is 1. The molecule has 4 aromatic rings. The monoisotopic (exact) mass is 576 g/mol. The van der Waals surface area contributed by atoms with Crippen molar-refractivity contribution in [2.45, 2.75) is 50.5 Å². The molecule has 0 saturated heterocycles. The molecule has 7 heteroatoms. The molecule has 220 valence electrons. The number of amides is 1. The van der Waals surface area contributed by atoms with E-state index in [1.807, 2.05) is 54.6 Å². The third kappa shape index (κ3) is 8.10. The zero-order chi connectivity index (χ0) is 30.0. The van der Waals surface area contributed by atoms with E-state index in [1.165, 1.54) is 37.7 Å².